The zero-order valence-corrected chi connectivity index (χ0v) is 12.6. The Balaban J connectivity index is 2.89. The van der Waals surface area contributed by atoms with Crippen LogP contribution in [0.1, 0.15) is 23.7 Å². The highest BCUT2D eigenvalue weighted by Gasteiger charge is 2.20. The maximum atomic E-state index is 12.4. The maximum absolute atomic E-state index is 12.4. The van der Waals surface area contributed by atoms with Crippen molar-refractivity contribution in [3.63, 3.8) is 0 Å². The summed E-state index contributed by atoms with van der Waals surface area (Å²) in [5.41, 5.74) is 5.51. The van der Waals surface area contributed by atoms with Gasteiger partial charge >= 0.3 is 0 Å². The molecule has 1 amide bonds. The summed E-state index contributed by atoms with van der Waals surface area (Å²) in [6, 6.07) is 1.18. The standard InChI is InChI=1S/C13H21N5O3/c1-4-17(7-5-6-16(2)3)13(19)11-8-10(18(20)21)9-15-12(11)14/h8-9H,4-7H2,1-3H3,(H2,14,15). The van der Waals surface area contributed by atoms with Gasteiger partial charge in [0.1, 0.15) is 12.0 Å². The Kier molecular flexibility index (Phi) is 6.04. The van der Waals surface area contributed by atoms with Gasteiger partial charge in [0.05, 0.1) is 10.5 Å². The Morgan fingerprint density at radius 1 is 1.43 bits per heavy atom. The van der Waals surface area contributed by atoms with Gasteiger partial charge in [-0.2, -0.15) is 0 Å². The molecule has 0 radical (unpaired) electrons. The molecule has 8 heteroatoms. The van der Waals surface area contributed by atoms with Crippen LogP contribution in [-0.4, -0.2) is 59.3 Å². The zero-order valence-electron chi connectivity index (χ0n) is 12.6. The fourth-order valence-electron chi connectivity index (χ4n) is 1.89. The van der Waals surface area contributed by atoms with Crippen LogP contribution in [0.5, 0.6) is 0 Å². The second kappa shape index (κ2) is 7.53. The number of nitrogens with two attached hydrogens (primary N) is 1. The molecule has 0 aliphatic carbocycles. The van der Waals surface area contributed by atoms with Crippen LogP contribution in [0.4, 0.5) is 11.5 Å². The number of rotatable bonds is 7. The van der Waals surface area contributed by atoms with Crippen molar-refractivity contribution in [1.29, 1.82) is 0 Å². The fraction of sp³-hybridized carbons (Fsp3) is 0.538. The highest BCUT2D eigenvalue weighted by atomic mass is 16.6. The third-order valence-electron chi connectivity index (χ3n) is 3.05. The van der Waals surface area contributed by atoms with E-state index in [0.29, 0.717) is 13.1 Å². The van der Waals surface area contributed by atoms with Crippen molar-refractivity contribution in [3.8, 4) is 0 Å². The molecule has 116 valence electrons. The molecule has 0 aliphatic rings. The van der Waals surface area contributed by atoms with Gasteiger partial charge in [-0.15, -0.1) is 0 Å². The summed E-state index contributed by atoms with van der Waals surface area (Å²) in [4.78, 5) is 30.0. The van der Waals surface area contributed by atoms with Gasteiger partial charge in [-0.1, -0.05) is 0 Å². The monoisotopic (exact) mass is 295 g/mol. The average Bonchev–Trinajstić information content (AvgIpc) is 2.43. The lowest BCUT2D eigenvalue weighted by Gasteiger charge is -2.22. The van der Waals surface area contributed by atoms with Gasteiger partial charge < -0.3 is 15.5 Å². The van der Waals surface area contributed by atoms with Crippen molar-refractivity contribution in [1.82, 2.24) is 14.8 Å². The molecule has 1 aromatic rings. The van der Waals surface area contributed by atoms with E-state index < -0.39 is 4.92 Å². The lowest BCUT2D eigenvalue weighted by atomic mass is 10.2. The van der Waals surface area contributed by atoms with Crippen LogP contribution in [0.3, 0.4) is 0 Å². The molecule has 0 fully saturated rings. The molecule has 0 aliphatic heterocycles. The molecule has 0 spiro atoms. The summed E-state index contributed by atoms with van der Waals surface area (Å²) in [5, 5.41) is 10.8. The smallest absolute Gasteiger partial charge is 0.288 e. The lowest BCUT2D eigenvalue weighted by Crippen LogP contribution is -2.33. The van der Waals surface area contributed by atoms with Crippen LogP contribution in [-0.2, 0) is 0 Å². The minimum absolute atomic E-state index is 0.0108. The molecule has 0 saturated heterocycles. The predicted molar refractivity (Wildman–Crippen MR) is 80.1 cm³/mol. The summed E-state index contributed by atoms with van der Waals surface area (Å²) in [5.74, 6) is -0.318. The van der Waals surface area contributed by atoms with Gasteiger partial charge in [0.25, 0.3) is 11.6 Å². The minimum atomic E-state index is -0.592. The van der Waals surface area contributed by atoms with Crippen LogP contribution >= 0.6 is 0 Å². The Labute approximate surface area is 123 Å². The number of nitrogen functional groups attached to an aromatic ring is 1. The molecule has 8 nitrogen and oxygen atoms in total. The van der Waals surface area contributed by atoms with Crippen LogP contribution in [0.2, 0.25) is 0 Å². The molecular weight excluding hydrogens is 274 g/mol. The number of carbonyl (C=O) groups excluding carboxylic acids is 1. The first kappa shape index (κ1) is 16.8. The third kappa shape index (κ3) is 4.67. The SMILES string of the molecule is CCN(CCCN(C)C)C(=O)c1cc([N+](=O)[O-])cnc1N. The van der Waals surface area contributed by atoms with Gasteiger partial charge in [-0.25, -0.2) is 4.98 Å². The number of aromatic nitrogens is 1. The van der Waals surface area contributed by atoms with Crippen molar-refractivity contribution >= 4 is 17.4 Å². The molecule has 0 bridgehead atoms. The van der Waals surface area contributed by atoms with Crippen molar-refractivity contribution in [2.45, 2.75) is 13.3 Å². The lowest BCUT2D eigenvalue weighted by molar-refractivity contribution is -0.385. The average molecular weight is 295 g/mol. The van der Waals surface area contributed by atoms with Gasteiger partial charge in [-0.3, -0.25) is 14.9 Å². The molecule has 0 unspecified atom stereocenters. The van der Waals surface area contributed by atoms with Gasteiger partial charge in [0, 0.05) is 19.2 Å². The van der Waals surface area contributed by atoms with E-state index >= 15 is 0 Å². The minimum Gasteiger partial charge on any atom is -0.383 e. The van der Waals surface area contributed by atoms with Gasteiger partial charge in [-0.05, 0) is 34.0 Å². The normalized spacial score (nSPS) is 10.7. The largest absolute Gasteiger partial charge is 0.383 e. The number of nitrogens with zero attached hydrogens (tertiary/aromatic N) is 4. The summed E-state index contributed by atoms with van der Waals surface area (Å²) < 4.78 is 0. The molecular formula is C13H21N5O3. The van der Waals surface area contributed by atoms with E-state index in [1.807, 2.05) is 25.9 Å². The van der Waals surface area contributed by atoms with E-state index in [9.17, 15) is 14.9 Å². The molecule has 1 heterocycles. The highest BCUT2D eigenvalue weighted by Crippen LogP contribution is 2.18. The number of anilines is 1. The van der Waals surface area contributed by atoms with Gasteiger partial charge in [0.15, 0.2) is 0 Å². The first-order chi connectivity index (χ1) is 9.86. The maximum Gasteiger partial charge on any atom is 0.288 e. The Bertz CT molecular complexity index is 519. The van der Waals surface area contributed by atoms with E-state index in [1.54, 1.807) is 4.90 Å². The Hall–Kier alpha value is -2.22. The highest BCUT2D eigenvalue weighted by molar-refractivity contribution is 5.98. The molecule has 0 aromatic carbocycles. The molecule has 0 saturated carbocycles. The second-order valence-electron chi connectivity index (χ2n) is 4.93. The van der Waals surface area contributed by atoms with Crippen molar-refractivity contribution in [3.05, 3.63) is 27.9 Å². The van der Waals surface area contributed by atoms with E-state index in [0.717, 1.165) is 19.2 Å². The van der Waals surface area contributed by atoms with E-state index in [-0.39, 0.29) is 23.0 Å². The number of carbonyl (C=O) groups is 1. The Morgan fingerprint density at radius 2 is 2.10 bits per heavy atom. The molecule has 2 N–H and O–H groups in total. The summed E-state index contributed by atoms with van der Waals surface area (Å²) >= 11 is 0. The third-order valence-corrected chi connectivity index (χ3v) is 3.05. The van der Waals surface area contributed by atoms with Gasteiger partial charge in [0.2, 0.25) is 0 Å². The first-order valence-electron chi connectivity index (χ1n) is 6.70. The fourth-order valence-corrected chi connectivity index (χ4v) is 1.89. The van der Waals surface area contributed by atoms with Crippen molar-refractivity contribution in [2.24, 2.45) is 0 Å². The van der Waals surface area contributed by atoms with E-state index in [4.69, 9.17) is 5.73 Å². The van der Waals surface area contributed by atoms with Crippen LogP contribution in [0.25, 0.3) is 0 Å². The number of pyridine rings is 1. The van der Waals surface area contributed by atoms with E-state index in [2.05, 4.69) is 4.98 Å². The predicted octanol–water partition coefficient (Wildman–Crippen LogP) is 0.986. The zero-order chi connectivity index (χ0) is 16.0. The number of nitro groups is 1. The van der Waals surface area contributed by atoms with Crippen LogP contribution in [0.15, 0.2) is 12.3 Å². The number of amides is 1. The number of hydrogen-bond acceptors (Lipinski definition) is 6. The Morgan fingerprint density at radius 3 is 2.62 bits per heavy atom. The summed E-state index contributed by atoms with van der Waals surface area (Å²) in [7, 11) is 3.92. The van der Waals surface area contributed by atoms with Crippen molar-refractivity contribution in [2.75, 3.05) is 39.5 Å². The molecule has 1 aromatic heterocycles. The quantitative estimate of drug-likeness (QED) is 0.594. The van der Waals surface area contributed by atoms with Crippen LogP contribution in [0, 0.1) is 10.1 Å². The van der Waals surface area contributed by atoms with Crippen LogP contribution < -0.4 is 5.73 Å². The summed E-state index contributed by atoms with van der Waals surface area (Å²) in [6.45, 7) is 3.78. The topological polar surface area (TPSA) is 106 Å². The first-order valence-corrected chi connectivity index (χ1v) is 6.70. The molecule has 0 atom stereocenters. The van der Waals surface area contributed by atoms with Crippen molar-refractivity contribution < 1.29 is 9.72 Å². The molecule has 1 rings (SSSR count). The second-order valence-corrected chi connectivity index (χ2v) is 4.93. The summed E-state index contributed by atoms with van der Waals surface area (Å²) in [6.07, 6.45) is 1.86. The number of hydrogen-bond donors (Lipinski definition) is 1. The molecule has 21 heavy (non-hydrogen) atoms. The van der Waals surface area contributed by atoms with E-state index in [1.165, 1.54) is 6.07 Å².